The number of nitrogens with zero attached hydrogens (tertiary/aromatic N) is 4. The van der Waals surface area contributed by atoms with Crippen molar-refractivity contribution < 1.29 is 19.0 Å². The van der Waals surface area contributed by atoms with Crippen molar-refractivity contribution in [3.8, 4) is 11.1 Å². The highest BCUT2D eigenvalue weighted by atomic mass is 19.1. The van der Waals surface area contributed by atoms with E-state index in [1.54, 1.807) is 35.4 Å². The zero-order chi connectivity index (χ0) is 23.8. The van der Waals surface area contributed by atoms with Gasteiger partial charge in [0.1, 0.15) is 23.6 Å². The molecule has 11 heteroatoms. The first-order chi connectivity index (χ1) is 16.0. The molecular weight excluding hydrogens is 429 g/mol. The van der Waals surface area contributed by atoms with Crippen molar-refractivity contribution in [2.24, 2.45) is 10.7 Å². The zero-order valence-corrected chi connectivity index (χ0v) is 18.1. The smallest absolute Gasteiger partial charge is 0.414 e. The number of aliphatic hydroxyl groups is 1. The molecule has 2 aromatic rings. The van der Waals surface area contributed by atoms with Crippen molar-refractivity contribution >= 4 is 29.8 Å². The Morgan fingerprint density at radius 2 is 2.30 bits per heavy atom. The Balaban J connectivity index is 1.72. The number of nitrogens with one attached hydrogen (secondary N) is 2. The van der Waals surface area contributed by atoms with Crippen LogP contribution in [0.15, 0.2) is 53.9 Å². The van der Waals surface area contributed by atoms with Crippen LogP contribution in [0.1, 0.15) is 0 Å². The number of carbonyl (C=O) groups excluding carboxylic acids is 1. The number of benzene rings is 1. The van der Waals surface area contributed by atoms with Gasteiger partial charge in [-0.05, 0) is 37.4 Å². The number of hydrogen-bond donors (Lipinski definition) is 4. The summed E-state index contributed by atoms with van der Waals surface area (Å²) in [5, 5.41) is 19.2. The minimum Gasteiger partial charge on any atom is -0.515 e. The monoisotopic (exact) mass is 455 g/mol. The van der Waals surface area contributed by atoms with Gasteiger partial charge in [-0.3, -0.25) is 15.3 Å². The lowest BCUT2D eigenvalue weighted by Gasteiger charge is -2.18. The molecule has 1 atom stereocenters. The van der Waals surface area contributed by atoms with Gasteiger partial charge in [-0.1, -0.05) is 0 Å². The summed E-state index contributed by atoms with van der Waals surface area (Å²) in [6.07, 6.45) is 3.59. The second-order valence-electron chi connectivity index (χ2n) is 7.19. The van der Waals surface area contributed by atoms with Gasteiger partial charge < -0.3 is 25.8 Å². The number of amidine groups is 1. The summed E-state index contributed by atoms with van der Waals surface area (Å²) in [5.74, 6) is 0.185. The van der Waals surface area contributed by atoms with Crippen molar-refractivity contribution in [3.05, 3.63) is 54.7 Å². The van der Waals surface area contributed by atoms with Gasteiger partial charge in [-0.25, -0.2) is 14.2 Å². The van der Waals surface area contributed by atoms with Gasteiger partial charge in [0.15, 0.2) is 0 Å². The highest BCUT2D eigenvalue weighted by Crippen LogP contribution is 2.29. The van der Waals surface area contributed by atoms with Crippen LogP contribution in [0.2, 0.25) is 0 Å². The van der Waals surface area contributed by atoms with Gasteiger partial charge >= 0.3 is 6.09 Å². The van der Waals surface area contributed by atoms with Crippen LogP contribution in [-0.2, 0) is 4.74 Å². The molecule has 1 aliphatic heterocycles. The van der Waals surface area contributed by atoms with E-state index < -0.39 is 18.0 Å². The van der Waals surface area contributed by atoms with E-state index in [0.29, 0.717) is 35.7 Å². The molecule has 1 aliphatic rings. The maximum absolute atomic E-state index is 14.9. The molecule has 1 fully saturated rings. The molecule has 0 radical (unpaired) electrons. The fraction of sp³-hybridized carbons (Fsp3) is 0.273. The number of halogens is 1. The standard InChI is InChI=1S/C22H26FN7O3/c1-26-7-8-29(14-24)21-5-2-15(11-28-21)18-4-3-16(10-19(18)23)30-13-17(33-22(30)32)12-27-20(25)6-9-31/h2-6,9-11,14,17,24,26,31H,7-8,12-13H2,1H3,(H2,25,27)/b9-6-,24-14?. The van der Waals surface area contributed by atoms with E-state index in [4.69, 9.17) is 21.0 Å². The predicted molar refractivity (Wildman–Crippen MR) is 126 cm³/mol. The molecule has 3 rings (SSSR count). The minimum atomic E-state index is -0.599. The molecule has 2 heterocycles. The van der Waals surface area contributed by atoms with Gasteiger partial charge in [-0.15, -0.1) is 0 Å². The number of aliphatic hydroxyl groups excluding tert-OH is 1. The fourth-order valence-corrected chi connectivity index (χ4v) is 3.26. The first-order valence-electron chi connectivity index (χ1n) is 10.2. The van der Waals surface area contributed by atoms with E-state index in [1.165, 1.54) is 23.4 Å². The topological polar surface area (TPSA) is 140 Å². The van der Waals surface area contributed by atoms with E-state index in [2.05, 4.69) is 15.3 Å². The third kappa shape index (κ3) is 5.83. The van der Waals surface area contributed by atoms with Crippen LogP contribution in [0.4, 0.5) is 20.7 Å². The van der Waals surface area contributed by atoms with Crippen LogP contribution in [0.5, 0.6) is 0 Å². The van der Waals surface area contributed by atoms with Crippen molar-refractivity contribution in [1.29, 1.82) is 5.41 Å². The number of ether oxygens (including phenoxy) is 1. The number of anilines is 2. The summed E-state index contributed by atoms with van der Waals surface area (Å²) < 4.78 is 20.2. The fourth-order valence-electron chi connectivity index (χ4n) is 3.26. The van der Waals surface area contributed by atoms with Crippen molar-refractivity contribution in [3.63, 3.8) is 0 Å². The van der Waals surface area contributed by atoms with E-state index in [9.17, 15) is 9.18 Å². The Hall–Kier alpha value is -3.99. The number of rotatable bonds is 10. The van der Waals surface area contributed by atoms with Crippen LogP contribution >= 0.6 is 0 Å². The molecular formula is C22H26FN7O3. The summed E-state index contributed by atoms with van der Waals surface area (Å²) in [6.45, 7) is 1.59. The second kappa shape index (κ2) is 11.0. The number of aliphatic imine (C=N–C) groups is 1. The van der Waals surface area contributed by atoms with E-state index in [0.717, 1.165) is 6.26 Å². The number of nitrogens with two attached hydrogens (primary N) is 1. The summed E-state index contributed by atoms with van der Waals surface area (Å²) in [6, 6.07) is 7.96. The molecule has 0 bridgehead atoms. The Morgan fingerprint density at radius 1 is 1.48 bits per heavy atom. The molecule has 0 aliphatic carbocycles. The number of likely N-dealkylation sites (N-methyl/N-ethyl adjacent to an activating group) is 1. The van der Waals surface area contributed by atoms with Gasteiger partial charge in [-0.2, -0.15) is 0 Å². The molecule has 0 saturated carbocycles. The Morgan fingerprint density at radius 3 is 2.94 bits per heavy atom. The van der Waals surface area contributed by atoms with Crippen molar-refractivity contribution in [2.75, 3.05) is 43.0 Å². The average Bonchev–Trinajstić information content (AvgIpc) is 3.19. The largest absolute Gasteiger partial charge is 0.515 e. The molecule has 1 aromatic carbocycles. The van der Waals surface area contributed by atoms with Gasteiger partial charge in [0.2, 0.25) is 0 Å². The molecule has 1 saturated heterocycles. The highest BCUT2D eigenvalue weighted by Gasteiger charge is 2.32. The summed E-state index contributed by atoms with van der Waals surface area (Å²) in [7, 11) is 1.83. The lowest BCUT2D eigenvalue weighted by molar-refractivity contribution is 0.145. The quantitative estimate of drug-likeness (QED) is 0.245. The predicted octanol–water partition coefficient (Wildman–Crippen LogP) is 2.27. The third-order valence-electron chi connectivity index (χ3n) is 4.97. The Bertz CT molecular complexity index is 1040. The van der Waals surface area contributed by atoms with E-state index in [1.807, 2.05) is 7.05 Å². The maximum Gasteiger partial charge on any atom is 0.414 e. The van der Waals surface area contributed by atoms with Crippen LogP contribution < -0.4 is 20.9 Å². The second-order valence-corrected chi connectivity index (χ2v) is 7.19. The molecule has 10 nitrogen and oxygen atoms in total. The molecule has 0 spiro atoms. The first kappa shape index (κ1) is 23.7. The molecule has 1 aromatic heterocycles. The molecule has 1 amide bonds. The summed E-state index contributed by atoms with van der Waals surface area (Å²) in [5.41, 5.74) is 6.84. The molecule has 5 N–H and O–H groups in total. The zero-order valence-electron chi connectivity index (χ0n) is 18.1. The number of hydrogen-bond acceptors (Lipinski definition) is 7. The average molecular weight is 455 g/mol. The number of pyridine rings is 1. The minimum absolute atomic E-state index is 0.104. The number of aromatic nitrogens is 1. The number of carbonyl (C=O) groups is 1. The van der Waals surface area contributed by atoms with Crippen LogP contribution in [0, 0.1) is 11.2 Å². The van der Waals surface area contributed by atoms with Crippen molar-refractivity contribution in [2.45, 2.75) is 6.10 Å². The van der Waals surface area contributed by atoms with Gasteiger partial charge in [0.25, 0.3) is 0 Å². The lowest BCUT2D eigenvalue weighted by Crippen LogP contribution is -2.29. The SMILES string of the molecule is CNCCN(C=N)c1ccc(-c2ccc(N3CC(CN=C(N)/C=C\O)OC3=O)cc2F)cn1. The molecule has 1 unspecified atom stereocenters. The summed E-state index contributed by atoms with van der Waals surface area (Å²) >= 11 is 0. The number of amides is 1. The first-order valence-corrected chi connectivity index (χ1v) is 10.2. The third-order valence-corrected chi connectivity index (χ3v) is 4.97. The molecule has 174 valence electrons. The molecule has 33 heavy (non-hydrogen) atoms. The Kier molecular flexibility index (Phi) is 7.92. The Labute approximate surface area is 190 Å². The normalized spacial score (nSPS) is 16.3. The van der Waals surface area contributed by atoms with Crippen LogP contribution in [0.3, 0.4) is 0 Å². The maximum atomic E-state index is 14.9. The van der Waals surface area contributed by atoms with Gasteiger partial charge in [0, 0.05) is 36.5 Å². The lowest BCUT2D eigenvalue weighted by atomic mass is 10.1. The van der Waals surface area contributed by atoms with Crippen molar-refractivity contribution in [1.82, 2.24) is 10.3 Å². The van der Waals surface area contributed by atoms with Crippen LogP contribution in [-0.4, -0.2) is 67.7 Å². The number of cyclic esters (lactones) is 1. The van der Waals surface area contributed by atoms with E-state index >= 15 is 0 Å². The van der Waals surface area contributed by atoms with Crippen LogP contribution in [0.25, 0.3) is 11.1 Å². The van der Waals surface area contributed by atoms with Gasteiger partial charge in [0.05, 0.1) is 31.4 Å². The van der Waals surface area contributed by atoms with E-state index in [-0.39, 0.29) is 18.9 Å². The highest BCUT2D eigenvalue weighted by molar-refractivity contribution is 5.92. The summed E-state index contributed by atoms with van der Waals surface area (Å²) in [4.78, 5) is 23.6.